The van der Waals surface area contributed by atoms with Crippen molar-refractivity contribution in [2.45, 2.75) is 13.8 Å². The van der Waals surface area contributed by atoms with Gasteiger partial charge in [0.2, 0.25) is 5.91 Å². The summed E-state index contributed by atoms with van der Waals surface area (Å²) < 4.78 is 15.3. The molecule has 6 nitrogen and oxygen atoms in total. The molecule has 0 aromatic carbocycles. The minimum absolute atomic E-state index is 0.0535. The van der Waals surface area contributed by atoms with Gasteiger partial charge in [-0.1, -0.05) is 13.8 Å². The summed E-state index contributed by atoms with van der Waals surface area (Å²) in [5, 5.41) is 2.97. The van der Waals surface area contributed by atoms with E-state index in [1.807, 2.05) is 20.9 Å². The molecule has 6 heteroatoms. The molecular weight excluding hydrogens is 224 g/mol. The Morgan fingerprint density at radius 2 is 1.47 bits per heavy atom. The van der Waals surface area contributed by atoms with E-state index in [0.29, 0.717) is 33.0 Å². The maximum absolute atomic E-state index is 10.3. The van der Waals surface area contributed by atoms with Crippen molar-refractivity contribution in [1.82, 2.24) is 5.32 Å². The van der Waals surface area contributed by atoms with Crippen molar-refractivity contribution in [1.29, 1.82) is 0 Å². The highest BCUT2D eigenvalue weighted by molar-refractivity contribution is 5.74. The maximum atomic E-state index is 10.3. The molecule has 0 saturated heterocycles. The number of carbonyl (C=O) groups excluding carboxylic acids is 1. The van der Waals surface area contributed by atoms with Crippen molar-refractivity contribution >= 4 is 5.91 Å². The number of likely N-dealkylation sites (N-methyl/N-ethyl adjacent to an activating group) is 1. The summed E-state index contributed by atoms with van der Waals surface area (Å²) in [5.74, 6) is -0.467. The van der Waals surface area contributed by atoms with Crippen molar-refractivity contribution in [3.8, 4) is 0 Å². The van der Waals surface area contributed by atoms with Crippen molar-refractivity contribution in [3.05, 3.63) is 0 Å². The molecule has 0 aliphatic carbocycles. The molecule has 0 aliphatic rings. The van der Waals surface area contributed by atoms with E-state index in [-0.39, 0.29) is 6.61 Å². The van der Waals surface area contributed by atoms with Crippen LogP contribution in [-0.2, 0) is 19.0 Å². The van der Waals surface area contributed by atoms with Gasteiger partial charge in [-0.05, 0) is 7.05 Å². The predicted molar refractivity (Wildman–Crippen MR) is 66.9 cm³/mol. The lowest BCUT2D eigenvalue weighted by atomic mass is 10.6. The lowest BCUT2D eigenvalue weighted by molar-refractivity contribution is -0.123. The average Bonchev–Trinajstić information content (AvgIpc) is 2.34. The molecule has 1 amide bonds. The second-order valence-corrected chi connectivity index (χ2v) is 2.85. The molecule has 0 aromatic heterocycles. The van der Waals surface area contributed by atoms with Gasteiger partial charge in [-0.3, -0.25) is 4.79 Å². The van der Waals surface area contributed by atoms with Gasteiger partial charge in [-0.15, -0.1) is 0 Å². The van der Waals surface area contributed by atoms with Gasteiger partial charge >= 0.3 is 0 Å². The summed E-state index contributed by atoms with van der Waals surface area (Å²) >= 11 is 0. The summed E-state index contributed by atoms with van der Waals surface area (Å²) in [6.07, 6.45) is 0. The molecule has 0 fully saturated rings. The molecule has 0 rings (SSSR count). The normalized spacial score (nSPS) is 9.59. The van der Waals surface area contributed by atoms with Crippen LogP contribution < -0.4 is 11.1 Å². The van der Waals surface area contributed by atoms with Gasteiger partial charge < -0.3 is 25.3 Å². The number of hydrogen-bond donors (Lipinski definition) is 2. The molecule has 0 bridgehead atoms. The van der Waals surface area contributed by atoms with Crippen LogP contribution in [0, 0.1) is 0 Å². The summed E-state index contributed by atoms with van der Waals surface area (Å²) in [7, 11) is 1.87. The number of rotatable bonds is 11. The van der Waals surface area contributed by atoms with Crippen LogP contribution in [0.25, 0.3) is 0 Å². The van der Waals surface area contributed by atoms with Gasteiger partial charge in [0.15, 0.2) is 0 Å². The zero-order valence-corrected chi connectivity index (χ0v) is 11.2. The Balaban J connectivity index is 0. The Kier molecular flexibility index (Phi) is 19.4. The molecule has 0 saturated carbocycles. The van der Waals surface area contributed by atoms with E-state index < -0.39 is 5.91 Å². The summed E-state index contributed by atoms with van der Waals surface area (Å²) in [6.45, 7) is 7.38. The first-order valence-electron chi connectivity index (χ1n) is 5.93. The van der Waals surface area contributed by atoms with Crippen LogP contribution in [-0.4, -0.2) is 59.1 Å². The van der Waals surface area contributed by atoms with E-state index in [1.165, 1.54) is 0 Å². The lowest BCUT2D eigenvalue weighted by Gasteiger charge is -2.05. The first kappa shape index (κ1) is 18.7. The van der Waals surface area contributed by atoms with Gasteiger partial charge in [-0.2, -0.15) is 0 Å². The highest BCUT2D eigenvalue weighted by Gasteiger charge is 1.94. The fraction of sp³-hybridized carbons (Fsp3) is 0.909. The van der Waals surface area contributed by atoms with Gasteiger partial charge in [0.05, 0.1) is 33.0 Å². The molecule has 0 heterocycles. The fourth-order valence-electron chi connectivity index (χ4n) is 0.787. The minimum atomic E-state index is -0.467. The third-order valence-electron chi connectivity index (χ3n) is 1.48. The monoisotopic (exact) mass is 250 g/mol. The third kappa shape index (κ3) is 21.2. The number of ether oxygens (including phenoxy) is 3. The van der Waals surface area contributed by atoms with E-state index in [0.717, 1.165) is 6.54 Å². The summed E-state index contributed by atoms with van der Waals surface area (Å²) in [6, 6.07) is 0. The standard InChI is InChI=1S/C9H20N2O4.C2H6/c1-11-2-3-13-4-5-14-6-7-15-8-9(10)12;1-2/h11H,2-8H2,1H3,(H2,10,12);1-2H3. The summed E-state index contributed by atoms with van der Waals surface area (Å²) in [5.41, 5.74) is 4.87. The van der Waals surface area contributed by atoms with Crippen LogP contribution in [0.4, 0.5) is 0 Å². The molecule has 0 unspecified atom stereocenters. The molecule has 3 N–H and O–H groups in total. The van der Waals surface area contributed by atoms with Crippen LogP contribution in [0.15, 0.2) is 0 Å². The van der Waals surface area contributed by atoms with E-state index in [1.54, 1.807) is 0 Å². The Bertz CT molecular complexity index is 156. The van der Waals surface area contributed by atoms with E-state index in [9.17, 15) is 4.79 Å². The second-order valence-electron chi connectivity index (χ2n) is 2.85. The van der Waals surface area contributed by atoms with Gasteiger partial charge in [0, 0.05) is 6.54 Å². The Labute approximate surface area is 104 Å². The molecule has 0 aromatic rings. The van der Waals surface area contributed by atoms with Gasteiger partial charge in [0.25, 0.3) is 0 Å². The average molecular weight is 250 g/mol. The van der Waals surface area contributed by atoms with Gasteiger partial charge in [0.1, 0.15) is 6.61 Å². The third-order valence-corrected chi connectivity index (χ3v) is 1.48. The smallest absolute Gasteiger partial charge is 0.243 e. The zero-order chi connectivity index (χ0) is 13.4. The molecule has 0 atom stereocenters. The Morgan fingerprint density at radius 3 is 1.94 bits per heavy atom. The molecule has 104 valence electrons. The number of primary amides is 1. The number of nitrogens with two attached hydrogens (primary N) is 1. The maximum Gasteiger partial charge on any atom is 0.243 e. The van der Waals surface area contributed by atoms with Gasteiger partial charge in [-0.25, -0.2) is 0 Å². The Hall–Kier alpha value is -0.690. The van der Waals surface area contributed by atoms with Crippen molar-refractivity contribution in [2.75, 3.05) is 53.2 Å². The molecule has 0 aliphatic heterocycles. The summed E-state index contributed by atoms with van der Waals surface area (Å²) in [4.78, 5) is 10.3. The number of hydrogen-bond acceptors (Lipinski definition) is 5. The number of carbonyl (C=O) groups is 1. The first-order valence-corrected chi connectivity index (χ1v) is 5.93. The minimum Gasteiger partial charge on any atom is -0.378 e. The quantitative estimate of drug-likeness (QED) is 0.495. The van der Waals surface area contributed by atoms with Crippen LogP contribution in [0.2, 0.25) is 0 Å². The molecular formula is C11H26N2O4. The molecule has 0 radical (unpaired) electrons. The second kappa shape index (κ2) is 17.7. The predicted octanol–water partition coefficient (Wildman–Crippen LogP) is -0.233. The highest BCUT2D eigenvalue weighted by atomic mass is 16.5. The SMILES string of the molecule is CC.CNCCOCCOCCOCC(N)=O. The van der Waals surface area contributed by atoms with Crippen molar-refractivity contribution < 1.29 is 19.0 Å². The zero-order valence-electron chi connectivity index (χ0n) is 11.2. The number of nitrogens with one attached hydrogen (secondary N) is 1. The van der Waals surface area contributed by atoms with Crippen LogP contribution >= 0.6 is 0 Å². The molecule has 17 heavy (non-hydrogen) atoms. The van der Waals surface area contributed by atoms with E-state index in [2.05, 4.69) is 5.32 Å². The topological polar surface area (TPSA) is 82.8 Å². The van der Waals surface area contributed by atoms with Crippen LogP contribution in [0.1, 0.15) is 13.8 Å². The largest absolute Gasteiger partial charge is 0.378 e. The van der Waals surface area contributed by atoms with Crippen LogP contribution in [0.5, 0.6) is 0 Å². The van der Waals surface area contributed by atoms with Crippen molar-refractivity contribution in [2.24, 2.45) is 5.73 Å². The fourth-order valence-corrected chi connectivity index (χ4v) is 0.787. The first-order chi connectivity index (χ1) is 8.27. The van der Waals surface area contributed by atoms with Crippen molar-refractivity contribution in [3.63, 3.8) is 0 Å². The molecule has 0 spiro atoms. The van der Waals surface area contributed by atoms with E-state index >= 15 is 0 Å². The highest BCUT2D eigenvalue weighted by Crippen LogP contribution is 1.80. The Morgan fingerprint density at radius 1 is 1.00 bits per heavy atom. The van der Waals surface area contributed by atoms with Crippen LogP contribution in [0.3, 0.4) is 0 Å². The number of amides is 1. The van der Waals surface area contributed by atoms with E-state index in [4.69, 9.17) is 19.9 Å². The lowest BCUT2D eigenvalue weighted by Crippen LogP contribution is -2.20.